The third-order valence-corrected chi connectivity index (χ3v) is 4.50. The Morgan fingerprint density at radius 1 is 0.909 bits per heavy atom. The van der Waals surface area contributed by atoms with Crippen molar-refractivity contribution in [3.05, 3.63) is 102 Å². The van der Waals surface area contributed by atoms with Crippen molar-refractivity contribution in [2.24, 2.45) is 0 Å². The molecule has 0 radical (unpaired) electrons. The van der Waals surface area contributed by atoms with E-state index in [4.69, 9.17) is 4.74 Å². The van der Waals surface area contributed by atoms with Crippen LogP contribution in [-0.2, 0) is 12.7 Å². The van der Waals surface area contributed by atoms with Gasteiger partial charge in [0.25, 0.3) is 5.91 Å². The highest BCUT2D eigenvalue weighted by Crippen LogP contribution is 2.32. The molecule has 1 N–H and O–H groups in total. The van der Waals surface area contributed by atoms with Crippen molar-refractivity contribution in [2.75, 3.05) is 0 Å². The first-order valence-corrected chi connectivity index (χ1v) is 9.86. The van der Waals surface area contributed by atoms with Gasteiger partial charge in [-0.05, 0) is 35.9 Å². The molecule has 6 nitrogen and oxygen atoms in total. The van der Waals surface area contributed by atoms with E-state index >= 15 is 0 Å². The van der Waals surface area contributed by atoms with E-state index in [1.54, 1.807) is 24.3 Å². The maximum absolute atomic E-state index is 13.4. The summed E-state index contributed by atoms with van der Waals surface area (Å²) in [5.74, 6) is -0.740. The molecule has 2 heterocycles. The van der Waals surface area contributed by atoms with Gasteiger partial charge in [0.2, 0.25) is 5.88 Å². The van der Waals surface area contributed by atoms with Gasteiger partial charge in [0, 0.05) is 24.4 Å². The summed E-state index contributed by atoms with van der Waals surface area (Å²) in [5.41, 5.74) is 0.229. The Hall–Kier alpha value is -4.27. The van der Waals surface area contributed by atoms with Gasteiger partial charge in [-0.2, -0.15) is 18.2 Å². The van der Waals surface area contributed by atoms with Crippen LogP contribution < -0.4 is 10.1 Å². The summed E-state index contributed by atoms with van der Waals surface area (Å²) in [6.07, 6.45) is -3.28. The number of ether oxygens (including phenoxy) is 1. The molecule has 2 aromatic heterocycles. The highest BCUT2D eigenvalue weighted by Gasteiger charge is 2.34. The monoisotopic (exact) mass is 450 g/mol. The molecule has 1 amide bonds. The van der Waals surface area contributed by atoms with Crippen LogP contribution in [0.15, 0.2) is 85.1 Å². The molecule has 4 rings (SSSR count). The molecule has 0 aliphatic carbocycles. The zero-order valence-electron chi connectivity index (χ0n) is 17.1. The van der Waals surface area contributed by atoms with Gasteiger partial charge in [-0.25, -0.2) is 4.98 Å². The van der Waals surface area contributed by atoms with E-state index in [9.17, 15) is 18.0 Å². The van der Waals surface area contributed by atoms with Gasteiger partial charge in [-0.1, -0.05) is 42.5 Å². The van der Waals surface area contributed by atoms with Crippen LogP contribution in [0.1, 0.15) is 21.6 Å². The lowest BCUT2D eigenvalue weighted by atomic mass is 10.2. The largest absolute Gasteiger partial charge is 0.439 e. The van der Waals surface area contributed by atoms with E-state index in [1.165, 1.54) is 24.4 Å². The maximum Gasteiger partial charge on any atom is 0.433 e. The number of nitrogens with zero attached hydrogens (tertiary/aromatic N) is 3. The Balaban J connectivity index is 1.56. The maximum atomic E-state index is 13.4. The summed E-state index contributed by atoms with van der Waals surface area (Å²) in [7, 11) is 0. The van der Waals surface area contributed by atoms with Gasteiger partial charge >= 0.3 is 6.18 Å². The van der Waals surface area contributed by atoms with E-state index in [-0.39, 0.29) is 29.1 Å². The summed E-state index contributed by atoms with van der Waals surface area (Å²) < 4.78 is 45.7. The summed E-state index contributed by atoms with van der Waals surface area (Å²) in [6, 6.07) is 20.9. The van der Waals surface area contributed by atoms with Crippen molar-refractivity contribution in [1.29, 1.82) is 0 Å². The Morgan fingerprint density at radius 3 is 2.42 bits per heavy atom. The number of hydrogen-bond acceptors (Lipinski definition) is 5. The van der Waals surface area contributed by atoms with Gasteiger partial charge in [0.1, 0.15) is 11.4 Å². The molecule has 0 bridgehead atoms. The number of hydrogen-bond donors (Lipinski definition) is 1. The van der Waals surface area contributed by atoms with Crippen molar-refractivity contribution in [1.82, 2.24) is 20.3 Å². The van der Waals surface area contributed by atoms with Gasteiger partial charge in [0.05, 0.1) is 0 Å². The van der Waals surface area contributed by atoms with Crippen LogP contribution >= 0.6 is 0 Å². The van der Waals surface area contributed by atoms with Crippen LogP contribution in [0, 0.1) is 0 Å². The molecular weight excluding hydrogens is 433 g/mol. The van der Waals surface area contributed by atoms with Crippen molar-refractivity contribution < 1.29 is 22.7 Å². The van der Waals surface area contributed by atoms with Crippen molar-refractivity contribution in [2.45, 2.75) is 12.7 Å². The minimum Gasteiger partial charge on any atom is -0.439 e. The molecule has 0 aliphatic rings. The van der Waals surface area contributed by atoms with Crippen LogP contribution in [0.4, 0.5) is 13.2 Å². The number of carbonyl (C=O) groups excluding carboxylic acids is 1. The number of carbonyl (C=O) groups is 1. The number of rotatable bonds is 6. The van der Waals surface area contributed by atoms with Gasteiger partial charge in [0.15, 0.2) is 11.5 Å². The second kappa shape index (κ2) is 9.47. The molecule has 9 heteroatoms. The van der Waals surface area contributed by atoms with Crippen LogP contribution in [0.2, 0.25) is 0 Å². The second-order valence-electron chi connectivity index (χ2n) is 6.93. The van der Waals surface area contributed by atoms with Crippen molar-refractivity contribution >= 4 is 5.91 Å². The fraction of sp³-hybridized carbons (Fsp3) is 0.0833. The fourth-order valence-corrected chi connectivity index (χ4v) is 2.93. The standard InChI is InChI=1S/C24H17F3N4O2/c25-24(26,27)20-14-21(31-22(30-20)19-11-4-5-12-28-19)33-18-10-6-9-17(13-18)23(32)29-15-16-7-2-1-3-8-16/h1-14H,15H2,(H,29,32). The first-order chi connectivity index (χ1) is 15.9. The third-order valence-electron chi connectivity index (χ3n) is 4.50. The molecule has 0 saturated heterocycles. The average Bonchev–Trinajstić information content (AvgIpc) is 2.83. The molecule has 0 aliphatic heterocycles. The zero-order valence-corrected chi connectivity index (χ0v) is 17.1. The lowest BCUT2D eigenvalue weighted by molar-refractivity contribution is -0.141. The Bertz CT molecular complexity index is 1250. The predicted molar refractivity (Wildman–Crippen MR) is 114 cm³/mol. The number of alkyl halides is 3. The quantitative estimate of drug-likeness (QED) is 0.433. The summed E-state index contributed by atoms with van der Waals surface area (Å²) in [5, 5.41) is 2.79. The Kier molecular flexibility index (Phi) is 6.30. The molecule has 0 atom stereocenters. The smallest absolute Gasteiger partial charge is 0.433 e. The van der Waals surface area contributed by atoms with E-state index in [2.05, 4.69) is 20.3 Å². The number of amides is 1. The van der Waals surface area contributed by atoms with Gasteiger partial charge in [-0.3, -0.25) is 9.78 Å². The van der Waals surface area contributed by atoms with Gasteiger partial charge < -0.3 is 10.1 Å². The van der Waals surface area contributed by atoms with E-state index in [0.29, 0.717) is 18.2 Å². The fourth-order valence-electron chi connectivity index (χ4n) is 2.93. The molecule has 0 spiro atoms. The van der Waals surface area contributed by atoms with Gasteiger partial charge in [-0.15, -0.1) is 0 Å². The topological polar surface area (TPSA) is 77.0 Å². The first kappa shape index (κ1) is 21.9. The first-order valence-electron chi connectivity index (χ1n) is 9.86. The van der Waals surface area contributed by atoms with E-state index in [1.807, 2.05) is 30.3 Å². The van der Waals surface area contributed by atoms with Crippen molar-refractivity contribution in [3.8, 4) is 23.1 Å². The summed E-state index contributed by atoms with van der Waals surface area (Å²) >= 11 is 0. The van der Waals surface area contributed by atoms with Crippen LogP contribution in [0.5, 0.6) is 11.6 Å². The minimum atomic E-state index is -4.70. The van der Waals surface area contributed by atoms with E-state index < -0.39 is 11.9 Å². The molecule has 2 aromatic carbocycles. The Labute approximate surface area is 187 Å². The lowest BCUT2D eigenvalue weighted by Gasteiger charge is -2.12. The van der Waals surface area contributed by atoms with E-state index in [0.717, 1.165) is 5.56 Å². The molecule has 0 saturated carbocycles. The zero-order chi connectivity index (χ0) is 23.3. The molecular formula is C24H17F3N4O2. The number of halogens is 3. The highest BCUT2D eigenvalue weighted by molar-refractivity contribution is 5.94. The summed E-state index contributed by atoms with van der Waals surface area (Å²) in [6.45, 7) is 0.332. The Morgan fingerprint density at radius 2 is 1.70 bits per heavy atom. The third kappa shape index (κ3) is 5.70. The summed E-state index contributed by atoms with van der Waals surface area (Å²) in [4.78, 5) is 24.1. The number of aromatic nitrogens is 3. The minimum absolute atomic E-state index is 0.154. The molecule has 4 aromatic rings. The highest BCUT2D eigenvalue weighted by atomic mass is 19.4. The number of pyridine rings is 1. The van der Waals surface area contributed by atoms with Crippen molar-refractivity contribution in [3.63, 3.8) is 0 Å². The predicted octanol–water partition coefficient (Wildman–Crippen LogP) is 5.28. The molecule has 33 heavy (non-hydrogen) atoms. The van der Waals surface area contributed by atoms with Crippen LogP contribution in [0.3, 0.4) is 0 Å². The second-order valence-corrected chi connectivity index (χ2v) is 6.93. The SMILES string of the molecule is O=C(NCc1ccccc1)c1cccc(Oc2cc(C(F)(F)F)nc(-c3ccccn3)n2)c1. The molecule has 0 fully saturated rings. The average molecular weight is 450 g/mol. The van der Waals surface area contributed by atoms with Crippen LogP contribution in [-0.4, -0.2) is 20.9 Å². The molecule has 0 unspecified atom stereocenters. The number of benzene rings is 2. The number of nitrogens with one attached hydrogen (secondary N) is 1. The lowest BCUT2D eigenvalue weighted by Crippen LogP contribution is -2.22. The van der Waals surface area contributed by atoms with Crippen LogP contribution in [0.25, 0.3) is 11.5 Å². The molecule has 166 valence electrons. The normalized spacial score (nSPS) is 11.1.